The third-order valence-corrected chi connectivity index (χ3v) is 4.85. The van der Waals surface area contributed by atoms with Crippen LogP contribution in [0, 0.1) is 0 Å². The Morgan fingerprint density at radius 3 is 2.04 bits per heavy atom. The monoisotopic (exact) mass is 318 g/mol. The van der Waals surface area contributed by atoms with Crippen molar-refractivity contribution in [3.63, 3.8) is 0 Å². The van der Waals surface area contributed by atoms with E-state index in [0.717, 1.165) is 69.9 Å². The first-order valence-corrected chi connectivity index (χ1v) is 9.16. The highest BCUT2D eigenvalue weighted by molar-refractivity contribution is 5.56. The fraction of sp³-hybridized carbons (Fsp3) is 0.765. The van der Waals surface area contributed by atoms with Gasteiger partial charge in [-0.15, -0.1) is 0 Å². The molecule has 2 aliphatic rings. The van der Waals surface area contributed by atoms with Gasteiger partial charge in [0.1, 0.15) is 11.6 Å². The van der Waals surface area contributed by atoms with Gasteiger partial charge in [-0.05, 0) is 33.1 Å². The number of rotatable bonds is 5. The Balaban J connectivity index is 1.91. The van der Waals surface area contributed by atoms with Crippen LogP contribution in [-0.2, 0) is 0 Å². The van der Waals surface area contributed by atoms with Crippen LogP contribution in [0.15, 0.2) is 6.07 Å². The van der Waals surface area contributed by atoms with Crippen molar-refractivity contribution in [2.45, 2.75) is 33.1 Å². The van der Waals surface area contributed by atoms with Crippen molar-refractivity contribution in [2.24, 2.45) is 0 Å². The average molecular weight is 318 g/mol. The molecule has 23 heavy (non-hydrogen) atoms. The highest BCUT2D eigenvalue weighted by Gasteiger charge is 2.20. The molecule has 0 aromatic carbocycles. The summed E-state index contributed by atoms with van der Waals surface area (Å²) in [6.07, 6.45) is 3.89. The molecule has 6 heteroatoms. The van der Waals surface area contributed by atoms with Gasteiger partial charge in [0.25, 0.3) is 0 Å². The summed E-state index contributed by atoms with van der Waals surface area (Å²) in [5.74, 6) is 3.07. The first-order chi connectivity index (χ1) is 11.3. The summed E-state index contributed by atoms with van der Waals surface area (Å²) in [7, 11) is 0. The molecule has 0 spiro atoms. The van der Waals surface area contributed by atoms with E-state index in [1.54, 1.807) is 0 Å². The lowest BCUT2D eigenvalue weighted by molar-refractivity contribution is 0.569. The second kappa shape index (κ2) is 7.81. The van der Waals surface area contributed by atoms with E-state index in [9.17, 15) is 0 Å². The number of nitrogens with zero attached hydrogens (tertiary/aromatic N) is 5. The molecule has 3 rings (SSSR count). The maximum Gasteiger partial charge on any atom is 0.229 e. The standard InChI is InChI=1S/C17H30N6/c1-3-21(4-2)17-19-15(22-10-6-5-7-11-22)14-16(20-17)23-12-8-18-9-13-23/h14,18H,3-13H2,1-2H3. The summed E-state index contributed by atoms with van der Waals surface area (Å²) in [5, 5.41) is 3.42. The molecule has 1 N–H and O–H groups in total. The fourth-order valence-corrected chi connectivity index (χ4v) is 3.40. The van der Waals surface area contributed by atoms with E-state index in [-0.39, 0.29) is 0 Å². The van der Waals surface area contributed by atoms with Crippen LogP contribution in [0.5, 0.6) is 0 Å². The molecule has 2 aliphatic heterocycles. The second-order valence-electron chi connectivity index (χ2n) is 6.34. The fourth-order valence-electron chi connectivity index (χ4n) is 3.40. The van der Waals surface area contributed by atoms with Crippen LogP contribution < -0.4 is 20.0 Å². The van der Waals surface area contributed by atoms with Crippen molar-refractivity contribution < 1.29 is 0 Å². The van der Waals surface area contributed by atoms with Crippen molar-refractivity contribution in [1.29, 1.82) is 0 Å². The van der Waals surface area contributed by atoms with Gasteiger partial charge in [-0.3, -0.25) is 0 Å². The van der Waals surface area contributed by atoms with Crippen LogP contribution in [0.2, 0.25) is 0 Å². The Morgan fingerprint density at radius 1 is 0.913 bits per heavy atom. The van der Waals surface area contributed by atoms with Crippen LogP contribution in [0.3, 0.4) is 0 Å². The molecule has 2 fully saturated rings. The van der Waals surface area contributed by atoms with Crippen molar-refractivity contribution in [3.8, 4) is 0 Å². The van der Waals surface area contributed by atoms with E-state index in [1.165, 1.54) is 19.3 Å². The van der Waals surface area contributed by atoms with Gasteiger partial charge < -0.3 is 20.0 Å². The number of hydrogen-bond acceptors (Lipinski definition) is 6. The van der Waals surface area contributed by atoms with Gasteiger partial charge in [0.05, 0.1) is 0 Å². The van der Waals surface area contributed by atoms with Gasteiger partial charge in [0.2, 0.25) is 5.95 Å². The molecule has 0 amide bonds. The zero-order valence-electron chi connectivity index (χ0n) is 14.6. The van der Waals surface area contributed by atoms with E-state index in [1.807, 2.05) is 0 Å². The third-order valence-electron chi connectivity index (χ3n) is 4.85. The lowest BCUT2D eigenvalue weighted by atomic mass is 10.1. The Bertz CT molecular complexity index is 454. The van der Waals surface area contributed by atoms with E-state index in [4.69, 9.17) is 9.97 Å². The van der Waals surface area contributed by atoms with Gasteiger partial charge in [-0.25, -0.2) is 0 Å². The minimum absolute atomic E-state index is 0.881. The topological polar surface area (TPSA) is 47.5 Å². The maximum absolute atomic E-state index is 4.89. The van der Waals surface area contributed by atoms with E-state index >= 15 is 0 Å². The van der Waals surface area contributed by atoms with E-state index in [2.05, 4.69) is 39.9 Å². The van der Waals surface area contributed by atoms with Crippen LogP contribution in [0.25, 0.3) is 0 Å². The van der Waals surface area contributed by atoms with Gasteiger partial charge in [-0.2, -0.15) is 9.97 Å². The first kappa shape index (κ1) is 16.3. The van der Waals surface area contributed by atoms with Gasteiger partial charge in [-0.1, -0.05) is 0 Å². The summed E-state index contributed by atoms with van der Waals surface area (Å²) in [6, 6.07) is 2.20. The molecule has 1 aromatic rings. The molecule has 0 atom stereocenters. The molecule has 0 unspecified atom stereocenters. The first-order valence-electron chi connectivity index (χ1n) is 9.16. The smallest absolute Gasteiger partial charge is 0.229 e. The minimum atomic E-state index is 0.881. The summed E-state index contributed by atoms with van der Waals surface area (Å²) >= 11 is 0. The lowest BCUT2D eigenvalue weighted by Crippen LogP contribution is -2.44. The molecule has 3 heterocycles. The molecule has 0 saturated carbocycles. The predicted octanol–water partition coefficient (Wildman–Crippen LogP) is 1.72. The molecule has 0 radical (unpaired) electrons. The van der Waals surface area contributed by atoms with Gasteiger partial charge in [0.15, 0.2) is 0 Å². The van der Waals surface area contributed by atoms with Gasteiger partial charge >= 0.3 is 0 Å². The Labute approximate surface area is 139 Å². The number of nitrogens with one attached hydrogen (secondary N) is 1. The zero-order chi connectivity index (χ0) is 16.1. The number of anilines is 3. The Hall–Kier alpha value is -1.56. The van der Waals surface area contributed by atoms with Crippen LogP contribution >= 0.6 is 0 Å². The SMILES string of the molecule is CCN(CC)c1nc(N2CCCCC2)cc(N2CCNCC2)n1. The normalized spacial score (nSPS) is 19.0. The number of aromatic nitrogens is 2. The van der Waals surface area contributed by atoms with Crippen molar-refractivity contribution >= 4 is 17.6 Å². The molecule has 0 bridgehead atoms. The highest BCUT2D eigenvalue weighted by atomic mass is 15.3. The summed E-state index contributed by atoms with van der Waals surface area (Å²) in [4.78, 5) is 16.8. The van der Waals surface area contributed by atoms with Crippen LogP contribution in [0.1, 0.15) is 33.1 Å². The number of piperidine rings is 1. The molecule has 6 nitrogen and oxygen atoms in total. The van der Waals surface area contributed by atoms with E-state index in [0.29, 0.717) is 0 Å². The van der Waals surface area contributed by atoms with Crippen molar-refractivity contribution in [3.05, 3.63) is 6.07 Å². The highest BCUT2D eigenvalue weighted by Crippen LogP contribution is 2.25. The summed E-state index contributed by atoms with van der Waals surface area (Å²) < 4.78 is 0. The van der Waals surface area contributed by atoms with Gasteiger partial charge in [0, 0.05) is 58.4 Å². The van der Waals surface area contributed by atoms with Crippen molar-refractivity contribution in [1.82, 2.24) is 15.3 Å². The number of hydrogen-bond donors (Lipinski definition) is 1. The maximum atomic E-state index is 4.89. The number of piperazine rings is 1. The summed E-state index contributed by atoms with van der Waals surface area (Å²) in [6.45, 7) is 12.6. The molecule has 0 aliphatic carbocycles. The molecule has 1 aromatic heterocycles. The minimum Gasteiger partial charge on any atom is -0.356 e. The van der Waals surface area contributed by atoms with Crippen LogP contribution in [0.4, 0.5) is 17.6 Å². The quantitative estimate of drug-likeness (QED) is 0.892. The molecule has 128 valence electrons. The zero-order valence-corrected chi connectivity index (χ0v) is 14.6. The largest absolute Gasteiger partial charge is 0.356 e. The molecule has 2 saturated heterocycles. The van der Waals surface area contributed by atoms with E-state index < -0.39 is 0 Å². The Kier molecular flexibility index (Phi) is 5.54. The molecular formula is C17H30N6. The molecular weight excluding hydrogens is 288 g/mol. The van der Waals surface area contributed by atoms with Crippen LogP contribution in [-0.4, -0.2) is 62.3 Å². The third kappa shape index (κ3) is 3.86. The Morgan fingerprint density at radius 2 is 1.48 bits per heavy atom. The lowest BCUT2D eigenvalue weighted by Gasteiger charge is -2.32. The second-order valence-corrected chi connectivity index (χ2v) is 6.34. The van der Waals surface area contributed by atoms with Crippen molar-refractivity contribution in [2.75, 3.05) is 67.1 Å². The predicted molar refractivity (Wildman–Crippen MR) is 96.7 cm³/mol. The average Bonchev–Trinajstić information content (AvgIpc) is 2.64. The summed E-state index contributed by atoms with van der Waals surface area (Å²) in [5.41, 5.74) is 0.